The van der Waals surface area contributed by atoms with E-state index in [0.717, 1.165) is 5.56 Å². The van der Waals surface area contributed by atoms with Gasteiger partial charge in [-0.05, 0) is 11.6 Å². The maximum absolute atomic E-state index is 5.98. The fourth-order valence-electron chi connectivity index (χ4n) is 0.942. The van der Waals surface area contributed by atoms with E-state index in [9.17, 15) is 0 Å². The predicted molar refractivity (Wildman–Crippen MR) is 54.5 cm³/mol. The van der Waals surface area contributed by atoms with Gasteiger partial charge < -0.3 is 15.2 Å². The highest BCUT2D eigenvalue weighted by Crippen LogP contribution is 2.24. The highest BCUT2D eigenvalue weighted by Gasteiger charge is 2.06. The third-order valence-corrected chi connectivity index (χ3v) is 2.09. The molecule has 1 aromatic rings. The molecule has 0 amide bonds. The summed E-state index contributed by atoms with van der Waals surface area (Å²) in [7, 11) is 1.61. The zero-order valence-electron chi connectivity index (χ0n) is 8.00. The van der Waals surface area contributed by atoms with Crippen molar-refractivity contribution in [2.45, 2.75) is 6.54 Å². The largest absolute Gasteiger partial charge is 0.474 e. The zero-order valence-corrected chi connectivity index (χ0v) is 8.75. The van der Waals surface area contributed by atoms with Crippen LogP contribution in [0.5, 0.6) is 5.88 Å². The van der Waals surface area contributed by atoms with Gasteiger partial charge in [0.1, 0.15) is 11.6 Å². The third-order valence-electron chi connectivity index (χ3n) is 1.68. The van der Waals surface area contributed by atoms with Gasteiger partial charge in [-0.1, -0.05) is 11.6 Å². The molecule has 0 bridgehead atoms. The predicted octanol–water partition coefficient (Wildman–Crippen LogP) is 1.22. The molecule has 0 saturated heterocycles. The number of hydrogen-bond donors (Lipinski definition) is 1. The molecule has 0 aliphatic heterocycles. The lowest BCUT2D eigenvalue weighted by Gasteiger charge is -2.08. The third kappa shape index (κ3) is 2.83. The van der Waals surface area contributed by atoms with Crippen molar-refractivity contribution in [2.75, 3.05) is 20.3 Å². The van der Waals surface area contributed by atoms with Gasteiger partial charge in [0, 0.05) is 19.9 Å². The molecule has 0 saturated carbocycles. The van der Waals surface area contributed by atoms with Gasteiger partial charge in [-0.2, -0.15) is 0 Å². The Morgan fingerprint density at radius 2 is 2.29 bits per heavy atom. The minimum Gasteiger partial charge on any atom is -0.474 e. The summed E-state index contributed by atoms with van der Waals surface area (Å²) in [5.41, 5.74) is 6.31. The summed E-state index contributed by atoms with van der Waals surface area (Å²) >= 11 is 5.98. The second kappa shape index (κ2) is 5.80. The highest BCUT2D eigenvalue weighted by molar-refractivity contribution is 6.32. The van der Waals surface area contributed by atoms with Crippen LogP contribution in [0.2, 0.25) is 5.02 Å². The average molecular weight is 217 g/mol. The lowest BCUT2D eigenvalue weighted by Crippen LogP contribution is -2.07. The molecule has 4 nitrogen and oxygen atoms in total. The molecule has 1 heterocycles. The van der Waals surface area contributed by atoms with Crippen molar-refractivity contribution in [2.24, 2.45) is 5.73 Å². The Labute approximate surface area is 88.0 Å². The van der Waals surface area contributed by atoms with E-state index in [1.54, 1.807) is 19.4 Å². The SMILES string of the molecule is COCCOc1nccc(CN)c1Cl. The van der Waals surface area contributed by atoms with Crippen molar-refractivity contribution in [3.8, 4) is 5.88 Å². The van der Waals surface area contributed by atoms with Crippen LogP contribution in [-0.2, 0) is 11.3 Å². The van der Waals surface area contributed by atoms with E-state index in [2.05, 4.69) is 4.98 Å². The van der Waals surface area contributed by atoms with Gasteiger partial charge >= 0.3 is 0 Å². The van der Waals surface area contributed by atoms with E-state index in [1.165, 1.54) is 0 Å². The smallest absolute Gasteiger partial charge is 0.232 e. The van der Waals surface area contributed by atoms with Gasteiger partial charge in [0.25, 0.3) is 0 Å². The quantitative estimate of drug-likeness (QED) is 0.752. The molecule has 0 spiro atoms. The lowest BCUT2D eigenvalue weighted by atomic mass is 10.3. The Balaban J connectivity index is 2.66. The molecule has 0 aliphatic carbocycles. The number of halogens is 1. The van der Waals surface area contributed by atoms with Crippen LogP contribution in [0.3, 0.4) is 0 Å². The molecule has 0 radical (unpaired) electrons. The molecule has 0 aliphatic rings. The molecular weight excluding hydrogens is 204 g/mol. The number of nitrogens with two attached hydrogens (primary N) is 1. The average Bonchev–Trinajstić information content (AvgIpc) is 2.21. The standard InChI is InChI=1S/C9H13ClN2O2/c1-13-4-5-14-9-8(10)7(6-11)2-3-12-9/h2-3H,4-6,11H2,1H3. The van der Waals surface area contributed by atoms with Crippen molar-refractivity contribution in [1.82, 2.24) is 4.98 Å². The molecule has 1 aromatic heterocycles. The molecule has 1 rings (SSSR count). The van der Waals surface area contributed by atoms with E-state index in [0.29, 0.717) is 30.7 Å². The summed E-state index contributed by atoms with van der Waals surface area (Å²) in [6, 6.07) is 1.77. The Hall–Kier alpha value is -0.840. The van der Waals surface area contributed by atoms with E-state index in [1.807, 2.05) is 0 Å². The van der Waals surface area contributed by atoms with Gasteiger partial charge in [-0.25, -0.2) is 4.98 Å². The molecule has 0 aromatic carbocycles. The number of pyridine rings is 1. The summed E-state index contributed by atoms with van der Waals surface area (Å²) in [6.07, 6.45) is 1.62. The minimum absolute atomic E-state index is 0.377. The molecule has 78 valence electrons. The number of methoxy groups -OCH3 is 1. The summed E-state index contributed by atoms with van der Waals surface area (Å²) in [6.45, 7) is 1.31. The number of ether oxygens (including phenoxy) is 2. The van der Waals surface area contributed by atoms with Crippen LogP contribution in [0.4, 0.5) is 0 Å². The molecule has 0 unspecified atom stereocenters. The highest BCUT2D eigenvalue weighted by atomic mass is 35.5. The second-order valence-electron chi connectivity index (χ2n) is 2.63. The van der Waals surface area contributed by atoms with Crippen molar-refractivity contribution >= 4 is 11.6 Å². The Morgan fingerprint density at radius 3 is 2.93 bits per heavy atom. The first kappa shape index (κ1) is 11.2. The maximum atomic E-state index is 5.98. The number of aromatic nitrogens is 1. The maximum Gasteiger partial charge on any atom is 0.232 e. The summed E-state index contributed by atoms with van der Waals surface area (Å²) in [5, 5.41) is 0.478. The van der Waals surface area contributed by atoms with E-state index in [-0.39, 0.29) is 0 Å². The Kier molecular flexibility index (Phi) is 4.65. The lowest BCUT2D eigenvalue weighted by molar-refractivity contribution is 0.144. The van der Waals surface area contributed by atoms with Gasteiger partial charge in [0.2, 0.25) is 5.88 Å². The topological polar surface area (TPSA) is 57.4 Å². The first-order valence-corrected chi connectivity index (χ1v) is 4.62. The van der Waals surface area contributed by atoms with Crippen LogP contribution in [0, 0.1) is 0 Å². The molecule has 14 heavy (non-hydrogen) atoms. The van der Waals surface area contributed by atoms with Crippen LogP contribution in [0.25, 0.3) is 0 Å². The van der Waals surface area contributed by atoms with Crippen LogP contribution in [0.15, 0.2) is 12.3 Å². The fourth-order valence-corrected chi connectivity index (χ4v) is 1.19. The van der Waals surface area contributed by atoms with Crippen LogP contribution >= 0.6 is 11.6 Å². The zero-order chi connectivity index (χ0) is 10.4. The van der Waals surface area contributed by atoms with E-state index < -0.39 is 0 Å². The van der Waals surface area contributed by atoms with E-state index in [4.69, 9.17) is 26.8 Å². The first-order valence-electron chi connectivity index (χ1n) is 4.24. The molecule has 0 fully saturated rings. The first-order chi connectivity index (χ1) is 6.79. The fraction of sp³-hybridized carbons (Fsp3) is 0.444. The monoisotopic (exact) mass is 216 g/mol. The summed E-state index contributed by atoms with van der Waals surface area (Å²) in [4.78, 5) is 3.99. The Morgan fingerprint density at radius 1 is 1.50 bits per heavy atom. The van der Waals surface area contributed by atoms with Crippen molar-refractivity contribution in [1.29, 1.82) is 0 Å². The van der Waals surface area contributed by atoms with Gasteiger partial charge in [-0.3, -0.25) is 0 Å². The summed E-state index contributed by atoms with van der Waals surface area (Å²) in [5.74, 6) is 0.409. The van der Waals surface area contributed by atoms with Crippen molar-refractivity contribution < 1.29 is 9.47 Å². The Bertz CT molecular complexity index is 294. The van der Waals surface area contributed by atoms with Gasteiger partial charge in [0.15, 0.2) is 0 Å². The van der Waals surface area contributed by atoms with Crippen LogP contribution < -0.4 is 10.5 Å². The number of hydrogen-bond acceptors (Lipinski definition) is 4. The molecule has 2 N–H and O–H groups in total. The van der Waals surface area contributed by atoms with Crippen molar-refractivity contribution in [3.05, 3.63) is 22.8 Å². The number of rotatable bonds is 5. The summed E-state index contributed by atoms with van der Waals surface area (Å²) < 4.78 is 10.1. The second-order valence-corrected chi connectivity index (χ2v) is 3.01. The van der Waals surface area contributed by atoms with E-state index >= 15 is 0 Å². The molecular formula is C9H13ClN2O2. The van der Waals surface area contributed by atoms with Crippen LogP contribution in [-0.4, -0.2) is 25.3 Å². The normalized spacial score (nSPS) is 10.2. The minimum atomic E-state index is 0.377. The molecule has 0 atom stereocenters. The van der Waals surface area contributed by atoms with Crippen molar-refractivity contribution in [3.63, 3.8) is 0 Å². The molecule has 5 heteroatoms. The van der Waals surface area contributed by atoms with Gasteiger partial charge in [-0.15, -0.1) is 0 Å². The number of nitrogens with zero attached hydrogens (tertiary/aromatic N) is 1. The van der Waals surface area contributed by atoms with Crippen LogP contribution in [0.1, 0.15) is 5.56 Å². The van der Waals surface area contributed by atoms with Gasteiger partial charge in [0.05, 0.1) is 6.61 Å².